The summed E-state index contributed by atoms with van der Waals surface area (Å²) in [5, 5.41) is 28.5. The number of carbonyl (C=O) groups is 2. The smallest absolute Gasteiger partial charge is 0.305 e. The number of likely N-dealkylation sites (tertiary alicyclic amines) is 1. The van der Waals surface area contributed by atoms with Crippen molar-refractivity contribution in [3.8, 4) is 0 Å². The number of benzene rings is 1. The molecule has 1 aromatic rings. The van der Waals surface area contributed by atoms with Crippen molar-refractivity contribution in [3.63, 3.8) is 0 Å². The van der Waals surface area contributed by atoms with Crippen molar-refractivity contribution in [2.45, 2.75) is 57.9 Å². The third-order valence-corrected chi connectivity index (χ3v) is 5.11. The van der Waals surface area contributed by atoms with Crippen LogP contribution in [0.15, 0.2) is 36.4 Å². The third-order valence-electron chi connectivity index (χ3n) is 5.11. The van der Waals surface area contributed by atoms with Crippen LogP contribution in [0.5, 0.6) is 0 Å². The summed E-state index contributed by atoms with van der Waals surface area (Å²) in [6, 6.07) is 5.76. The average Bonchev–Trinajstić information content (AvgIpc) is 2.90. The van der Waals surface area contributed by atoms with Gasteiger partial charge in [-0.15, -0.1) is 0 Å². The number of hydrogen-bond acceptors (Lipinski definition) is 4. The number of aliphatic hydroxyl groups is 2. The molecule has 1 amide bonds. The Morgan fingerprint density at radius 2 is 1.93 bits per heavy atom. The molecule has 1 aromatic carbocycles. The molecule has 7 heteroatoms. The number of carboxylic acids is 1. The third kappa shape index (κ3) is 6.14. The summed E-state index contributed by atoms with van der Waals surface area (Å²) in [6.07, 6.45) is 1.000. The molecule has 0 saturated carbocycles. The van der Waals surface area contributed by atoms with Gasteiger partial charge in [0.2, 0.25) is 5.91 Å². The maximum absolute atomic E-state index is 13.1. The first-order chi connectivity index (χ1) is 13.2. The van der Waals surface area contributed by atoms with Gasteiger partial charge in [0.15, 0.2) is 0 Å². The van der Waals surface area contributed by atoms with Crippen LogP contribution in [-0.2, 0) is 16.1 Å². The predicted molar refractivity (Wildman–Crippen MR) is 102 cm³/mol. The lowest BCUT2D eigenvalue weighted by atomic mass is 9.88. The van der Waals surface area contributed by atoms with E-state index in [0.29, 0.717) is 13.0 Å². The van der Waals surface area contributed by atoms with Gasteiger partial charge in [-0.25, -0.2) is 4.39 Å². The van der Waals surface area contributed by atoms with Crippen LogP contribution in [0.2, 0.25) is 0 Å². The molecule has 28 heavy (non-hydrogen) atoms. The number of carboxylic acid groups (broad SMARTS) is 1. The zero-order chi connectivity index (χ0) is 20.8. The van der Waals surface area contributed by atoms with E-state index in [-0.39, 0.29) is 36.0 Å². The van der Waals surface area contributed by atoms with Crippen molar-refractivity contribution in [1.82, 2.24) is 4.90 Å². The molecule has 0 aliphatic carbocycles. The van der Waals surface area contributed by atoms with Crippen LogP contribution < -0.4 is 0 Å². The highest BCUT2D eigenvalue weighted by Crippen LogP contribution is 2.33. The zero-order valence-electron chi connectivity index (χ0n) is 16.2. The highest BCUT2D eigenvalue weighted by molar-refractivity contribution is 5.79. The van der Waals surface area contributed by atoms with E-state index >= 15 is 0 Å². The second-order valence-corrected chi connectivity index (χ2v) is 7.69. The number of hydrogen-bond donors (Lipinski definition) is 3. The Hall–Kier alpha value is -2.25. The Labute approximate surface area is 164 Å². The Morgan fingerprint density at radius 3 is 2.50 bits per heavy atom. The van der Waals surface area contributed by atoms with Crippen LogP contribution in [0, 0.1) is 17.7 Å². The van der Waals surface area contributed by atoms with Crippen molar-refractivity contribution in [2.24, 2.45) is 11.8 Å². The molecule has 4 atom stereocenters. The molecule has 0 radical (unpaired) electrons. The molecule has 1 aliphatic rings. The van der Waals surface area contributed by atoms with Gasteiger partial charge in [-0.1, -0.05) is 38.1 Å². The van der Waals surface area contributed by atoms with E-state index in [1.165, 1.54) is 18.2 Å². The Kier molecular flexibility index (Phi) is 7.71. The van der Waals surface area contributed by atoms with Crippen LogP contribution >= 0.6 is 0 Å². The van der Waals surface area contributed by atoms with Crippen LogP contribution in [-0.4, -0.2) is 50.3 Å². The maximum Gasteiger partial charge on any atom is 0.305 e. The number of aliphatic hydroxyl groups excluding tert-OH is 2. The number of carbonyl (C=O) groups excluding carboxylic acids is 1. The summed E-state index contributed by atoms with van der Waals surface area (Å²) in [5.41, 5.74) is 0.815. The normalized spacial score (nSPS) is 22.2. The summed E-state index contributed by atoms with van der Waals surface area (Å²) in [7, 11) is 0. The molecule has 0 aromatic heterocycles. The van der Waals surface area contributed by atoms with Crippen LogP contribution in [0.25, 0.3) is 0 Å². The van der Waals surface area contributed by atoms with Gasteiger partial charge in [0.1, 0.15) is 5.82 Å². The molecule has 1 fully saturated rings. The van der Waals surface area contributed by atoms with Gasteiger partial charge in [-0.05, 0) is 29.5 Å². The second-order valence-electron chi connectivity index (χ2n) is 7.69. The number of amides is 1. The molecule has 1 saturated heterocycles. The molecule has 0 spiro atoms. The van der Waals surface area contributed by atoms with Crippen molar-refractivity contribution in [3.05, 3.63) is 47.8 Å². The van der Waals surface area contributed by atoms with Gasteiger partial charge in [0.25, 0.3) is 0 Å². The standard InChI is InChI=1S/C21H28FNO5/c1-13(2)18-11-20(26)23(12-14-3-5-15(22)6-4-14)19(18)8-7-16(24)9-17(25)10-21(27)28/h3-8,13,16-19,24-25H,9-12H2,1-2H3,(H,27,28)/b8-7+/t16-,17-,18-,19+/m1/s1. The minimum Gasteiger partial charge on any atom is -0.481 e. The van der Waals surface area contributed by atoms with E-state index < -0.39 is 24.6 Å². The molecule has 0 unspecified atom stereocenters. The van der Waals surface area contributed by atoms with Crippen molar-refractivity contribution >= 4 is 11.9 Å². The van der Waals surface area contributed by atoms with E-state index in [1.54, 1.807) is 23.1 Å². The highest BCUT2D eigenvalue weighted by Gasteiger charge is 2.39. The molecule has 3 N–H and O–H groups in total. The number of rotatable bonds is 9. The molecular weight excluding hydrogens is 365 g/mol. The summed E-state index contributed by atoms with van der Waals surface area (Å²) in [6.45, 7) is 4.41. The van der Waals surface area contributed by atoms with Gasteiger partial charge in [-0.2, -0.15) is 0 Å². The topological polar surface area (TPSA) is 98.1 Å². The molecule has 2 rings (SSSR count). The lowest BCUT2D eigenvalue weighted by Gasteiger charge is -2.28. The van der Waals surface area contributed by atoms with E-state index in [2.05, 4.69) is 0 Å². The SMILES string of the molecule is CC(C)[C@H]1CC(=O)N(Cc2ccc(F)cc2)[C@H]1/C=C/[C@@H](O)C[C@@H](O)CC(=O)O. The van der Waals surface area contributed by atoms with Gasteiger partial charge >= 0.3 is 5.97 Å². The monoisotopic (exact) mass is 393 g/mol. The quantitative estimate of drug-likeness (QED) is 0.560. The number of halogens is 1. The molecule has 1 heterocycles. The first-order valence-electron chi connectivity index (χ1n) is 9.47. The fraction of sp³-hybridized carbons (Fsp3) is 0.524. The molecule has 0 bridgehead atoms. The lowest BCUT2D eigenvalue weighted by molar-refractivity contribution is -0.139. The minimum absolute atomic E-state index is 0.00178. The van der Waals surface area contributed by atoms with Gasteiger partial charge in [0, 0.05) is 19.4 Å². The summed E-state index contributed by atoms with van der Waals surface area (Å²) in [4.78, 5) is 24.9. The summed E-state index contributed by atoms with van der Waals surface area (Å²) in [5.74, 6) is -1.16. The first kappa shape index (κ1) is 22.0. The Bertz CT molecular complexity index is 703. The highest BCUT2D eigenvalue weighted by atomic mass is 19.1. The Morgan fingerprint density at radius 1 is 1.29 bits per heavy atom. The van der Waals surface area contributed by atoms with Gasteiger partial charge < -0.3 is 20.2 Å². The molecule has 6 nitrogen and oxygen atoms in total. The van der Waals surface area contributed by atoms with E-state index in [0.717, 1.165) is 5.56 Å². The van der Waals surface area contributed by atoms with Crippen molar-refractivity contribution in [1.29, 1.82) is 0 Å². The minimum atomic E-state index is -1.14. The van der Waals surface area contributed by atoms with E-state index in [4.69, 9.17) is 5.11 Å². The van der Waals surface area contributed by atoms with Crippen LogP contribution in [0.4, 0.5) is 4.39 Å². The number of nitrogens with zero attached hydrogens (tertiary/aromatic N) is 1. The van der Waals surface area contributed by atoms with Crippen molar-refractivity contribution in [2.75, 3.05) is 0 Å². The second kappa shape index (κ2) is 9.80. The molecule has 154 valence electrons. The maximum atomic E-state index is 13.1. The predicted octanol–water partition coefficient (Wildman–Crippen LogP) is 2.34. The summed E-state index contributed by atoms with van der Waals surface area (Å²) >= 11 is 0. The summed E-state index contributed by atoms with van der Waals surface area (Å²) < 4.78 is 13.1. The Balaban J connectivity index is 2.11. The van der Waals surface area contributed by atoms with Crippen LogP contribution in [0.1, 0.15) is 38.7 Å². The van der Waals surface area contributed by atoms with Crippen molar-refractivity contribution < 1.29 is 29.3 Å². The van der Waals surface area contributed by atoms with E-state index in [1.807, 2.05) is 13.8 Å². The zero-order valence-corrected chi connectivity index (χ0v) is 16.2. The lowest BCUT2D eigenvalue weighted by Crippen LogP contribution is -2.35. The fourth-order valence-corrected chi connectivity index (χ4v) is 3.58. The number of aliphatic carboxylic acids is 1. The average molecular weight is 393 g/mol. The fourth-order valence-electron chi connectivity index (χ4n) is 3.58. The van der Waals surface area contributed by atoms with E-state index in [9.17, 15) is 24.2 Å². The molecule has 1 aliphatic heterocycles. The first-order valence-corrected chi connectivity index (χ1v) is 9.47. The molecular formula is C21H28FNO5. The van der Waals surface area contributed by atoms with Gasteiger partial charge in [0.05, 0.1) is 24.7 Å². The van der Waals surface area contributed by atoms with Crippen LogP contribution in [0.3, 0.4) is 0 Å². The van der Waals surface area contributed by atoms with Gasteiger partial charge in [-0.3, -0.25) is 9.59 Å². The largest absolute Gasteiger partial charge is 0.481 e.